The summed E-state index contributed by atoms with van der Waals surface area (Å²) in [5.74, 6) is -0.194. The molecule has 1 aliphatic rings. The van der Waals surface area contributed by atoms with Crippen LogP contribution in [0.1, 0.15) is 29.2 Å². The molecule has 0 radical (unpaired) electrons. The van der Waals surface area contributed by atoms with Gasteiger partial charge in [-0.05, 0) is 67.7 Å². The Kier molecular flexibility index (Phi) is 6.01. The fourth-order valence-corrected chi connectivity index (χ4v) is 4.24. The number of nitrogens with zero attached hydrogens (tertiary/aromatic N) is 3. The van der Waals surface area contributed by atoms with Crippen molar-refractivity contribution >= 4 is 34.6 Å². The minimum absolute atomic E-state index is 0.0164. The van der Waals surface area contributed by atoms with Gasteiger partial charge in [0.05, 0.1) is 11.7 Å². The van der Waals surface area contributed by atoms with Gasteiger partial charge in [-0.3, -0.25) is 9.78 Å². The average molecular weight is 436 g/mol. The van der Waals surface area contributed by atoms with Crippen LogP contribution in [0.2, 0.25) is 0 Å². The largest absolute Gasteiger partial charge is 0.375 e. The van der Waals surface area contributed by atoms with Crippen molar-refractivity contribution in [2.45, 2.75) is 19.0 Å². The zero-order chi connectivity index (χ0) is 22.0. The first-order valence-electron chi connectivity index (χ1n) is 10.0. The zero-order valence-corrected chi connectivity index (χ0v) is 18.5. The van der Waals surface area contributed by atoms with Crippen molar-refractivity contribution in [1.29, 1.82) is 0 Å². The number of nitrogens with one attached hydrogen (secondary N) is 2. The molecule has 3 heterocycles. The highest BCUT2D eigenvalue weighted by atomic mass is 32.1. The third-order valence-corrected chi connectivity index (χ3v) is 5.83. The molecule has 7 nitrogen and oxygen atoms in total. The van der Waals surface area contributed by atoms with Gasteiger partial charge >= 0.3 is 0 Å². The summed E-state index contributed by atoms with van der Waals surface area (Å²) in [6, 6.07) is 17.6. The summed E-state index contributed by atoms with van der Waals surface area (Å²) in [5, 5.41) is 6.91. The predicted molar refractivity (Wildman–Crippen MR) is 125 cm³/mol. The topological polar surface area (TPSA) is 71.4 Å². The minimum Gasteiger partial charge on any atom is -0.375 e. The maximum absolute atomic E-state index is 11.8. The molecule has 2 aromatic heterocycles. The first kappa shape index (κ1) is 21.0. The molecular formula is C23H25N5O2S. The number of carbonyl (C=O) groups excluding carboxylic acids is 1. The molecule has 0 unspecified atom stereocenters. The van der Waals surface area contributed by atoms with E-state index in [0.29, 0.717) is 10.8 Å². The summed E-state index contributed by atoms with van der Waals surface area (Å²) in [4.78, 5) is 18.5. The first-order valence-corrected chi connectivity index (χ1v) is 10.4. The van der Waals surface area contributed by atoms with Gasteiger partial charge in [-0.25, -0.2) is 0 Å². The van der Waals surface area contributed by atoms with Crippen molar-refractivity contribution in [2.24, 2.45) is 7.05 Å². The smallest absolute Gasteiger partial charge is 0.250 e. The molecule has 0 aliphatic carbocycles. The van der Waals surface area contributed by atoms with Crippen molar-refractivity contribution in [3.8, 4) is 0 Å². The Bertz CT molecular complexity index is 1080. The van der Waals surface area contributed by atoms with E-state index in [9.17, 15) is 4.79 Å². The Labute approximate surface area is 187 Å². The first-order chi connectivity index (χ1) is 15.0. The van der Waals surface area contributed by atoms with Crippen LogP contribution in [0.15, 0.2) is 60.8 Å². The molecule has 1 amide bonds. The molecule has 1 aromatic carbocycles. The van der Waals surface area contributed by atoms with E-state index in [1.807, 2.05) is 42.5 Å². The van der Waals surface area contributed by atoms with Gasteiger partial charge < -0.3 is 24.8 Å². The summed E-state index contributed by atoms with van der Waals surface area (Å²) in [7, 11) is 3.56. The number of hydrogen-bond acceptors (Lipinski definition) is 4. The molecule has 0 spiro atoms. The average Bonchev–Trinajstić information content (AvgIpc) is 3.28. The molecule has 4 rings (SSSR count). The third kappa shape index (κ3) is 4.17. The predicted octanol–water partition coefficient (Wildman–Crippen LogP) is 3.49. The van der Waals surface area contributed by atoms with Crippen LogP contribution in [0.5, 0.6) is 0 Å². The highest BCUT2D eigenvalue weighted by Gasteiger charge is 2.41. The lowest BCUT2D eigenvalue weighted by molar-refractivity contribution is -0.119. The quantitative estimate of drug-likeness (QED) is 0.578. The van der Waals surface area contributed by atoms with E-state index >= 15 is 0 Å². The van der Waals surface area contributed by atoms with Crippen molar-refractivity contribution in [2.75, 3.05) is 23.9 Å². The molecule has 2 atom stereocenters. The van der Waals surface area contributed by atoms with Crippen LogP contribution in [0, 0.1) is 6.92 Å². The number of carbonyl (C=O) groups is 1. The van der Waals surface area contributed by atoms with Gasteiger partial charge in [0.15, 0.2) is 5.11 Å². The number of thiocarbonyl (C=S) groups is 1. The van der Waals surface area contributed by atoms with Crippen LogP contribution in [-0.2, 0) is 16.6 Å². The number of aryl methyl sites for hydroxylation is 1. The van der Waals surface area contributed by atoms with Crippen LogP contribution in [0.25, 0.3) is 0 Å². The van der Waals surface area contributed by atoms with Crippen molar-refractivity contribution < 1.29 is 9.53 Å². The van der Waals surface area contributed by atoms with E-state index in [0.717, 1.165) is 17.1 Å². The van der Waals surface area contributed by atoms with E-state index in [2.05, 4.69) is 51.2 Å². The second kappa shape index (κ2) is 8.87. The summed E-state index contributed by atoms with van der Waals surface area (Å²) in [5.41, 5.74) is 4.88. The van der Waals surface area contributed by atoms with Crippen LogP contribution in [0.3, 0.4) is 0 Å². The summed E-state index contributed by atoms with van der Waals surface area (Å²) >= 11 is 5.76. The van der Waals surface area contributed by atoms with Gasteiger partial charge in [-0.1, -0.05) is 6.07 Å². The van der Waals surface area contributed by atoms with Crippen LogP contribution >= 0.6 is 12.2 Å². The Morgan fingerprint density at radius 3 is 2.58 bits per heavy atom. The van der Waals surface area contributed by atoms with E-state index < -0.39 is 0 Å². The number of ether oxygens (including phenoxy) is 1. The number of aromatic nitrogens is 2. The monoisotopic (exact) mass is 435 g/mol. The van der Waals surface area contributed by atoms with Crippen molar-refractivity contribution in [1.82, 2.24) is 14.9 Å². The van der Waals surface area contributed by atoms with Crippen LogP contribution in [0.4, 0.5) is 11.4 Å². The standard InChI is InChI=1S/C23H25N5O2S/c1-15-7-12-19(27(15)2)22-21(18-6-4-5-13-24-18)26-23(31)28(22)17-10-8-16(9-11-17)25-20(29)14-30-3/h4-13,21-22H,14H2,1-3H3,(H,25,29)(H,26,31)/t21-,22+/m0/s1. The van der Waals surface area contributed by atoms with Crippen LogP contribution < -0.4 is 15.5 Å². The van der Waals surface area contributed by atoms with E-state index in [1.54, 1.807) is 6.20 Å². The van der Waals surface area contributed by atoms with Gasteiger partial charge in [0.2, 0.25) is 5.91 Å². The highest BCUT2D eigenvalue weighted by molar-refractivity contribution is 7.80. The van der Waals surface area contributed by atoms with E-state index in [4.69, 9.17) is 17.0 Å². The number of benzene rings is 1. The molecule has 31 heavy (non-hydrogen) atoms. The number of hydrogen-bond donors (Lipinski definition) is 2. The van der Waals surface area contributed by atoms with Gasteiger partial charge in [-0.15, -0.1) is 0 Å². The number of anilines is 2. The number of amides is 1. The van der Waals surface area contributed by atoms with Gasteiger partial charge in [0, 0.05) is 43.1 Å². The molecule has 1 fully saturated rings. The number of methoxy groups -OCH3 is 1. The van der Waals surface area contributed by atoms with Gasteiger partial charge in [-0.2, -0.15) is 0 Å². The summed E-state index contributed by atoms with van der Waals surface area (Å²) in [6.07, 6.45) is 1.80. The normalized spacial score (nSPS) is 18.2. The Morgan fingerprint density at radius 2 is 1.97 bits per heavy atom. The number of rotatable bonds is 6. The van der Waals surface area contributed by atoms with Crippen LogP contribution in [-0.4, -0.2) is 34.3 Å². The third-order valence-electron chi connectivity index (χ3n) is 5.52. The van der Waals surface area contributed by atoms with Crippen molar-refractivity contribution in [3.05, 3.63) is 77.9 Å². The molecule has 8 heteroatoms. The lowest BCUT2D eigenvalue weighted by Gasteiger charge is -2.28. The number of pyridine rings is 1. The Morgan fingerprint density at radius 1 is 1.19 bits per heavy atom. The van der Waals surface area contributed by atoms with E-state index in [-0.39, 0.29) is 24.6 Å². The maximum Gasteiger partial charge on any atom is 0.250 e. The maximum atomic E-state index is 11.8. The van der Waals surface area contributed by atoms with Gasteiger partial charge in [0.1, 0.15) is 12.6 Å². The molecule has 1 saturated heterocycles. The summed E-state index contributed by atoms with van der Waals surface area (Å²) in [6.45, 7) is 2.10. The fraction of sp³-hybridized carbons (Fsp3) is 0.261. The SMILES string of the molecule is COCC(=O)Nc1ccc(N2C(=S)N[C@@H](c3ccccn3)[C@H]2c2ccc(C)n2C)cc1. The van der Waals surface area contributed by atoms with Crippen molar-refractivity contribution in [3.63, 3.8) is 0 Å². The molecule has 3 aromatic rings. The minimum atomic E-state index is -0.194. The summed E-state index contributed by atoms with van der Waals surface area (Å²) < 4.78 is 7.05. The van der Waals surface area contributed by atoms with E-state index in [1.165, 1.54) is 12.8 Å². The molecule has 0 saturated carbocycles. The molecular weight excluding hydrogens is 410 g/mol. The Balaban J connectivity index is 1.70. The molecule has 2 N–H and O–H groups in total. The Hall–Kier alpha value is -3.23. The lowest BCUT2D eigenvalue weighted by atomic mass is 10.0. The molecule has 160 valence electrons. The second-order valence-corrected chi connectivity index (χ2v) is 7.87. The highest BCUT2D eigenvalue weighted by Crippen LogP contribution is 2.41. The fourth-order valence-electron chi connectivity index (χ4n) is 3.90. The molecule has 1 aliphatic heterocycles. The van der Waals surface area contributed by atoms with Gasteiger partial charge in [0.25, 0.3) is 0 Å². The zero-order valence-electron chi connectivity index (χ0n) is 17.7. The second-order valence-electron chi connectivity index (χ2n) is 7.48. The molecule has 0 bridgehead atoms. The lowest BCUT2D eigenvalue weighted by Crippen LogP contribution is -2.30.